The van der Waals surface area contributed by atoms with Crippen LogP contribution >= 0.6 is 15.9 Å². The van der Waals surface area contributed by atoms with E-state index in [-0.39, 0.29) is 30.3 Å². The lowest BCUT2D eigenvalue weighted by Crippen LogP contribution is -2.37. The van der Waals surface area contributed by atoms with Gasteiger partial charge >= 0.3 is 5.97 Å². The molecule has 0 unspecified atom stereocenters. The van der Waals surface area contributed by atoms with E-state index in [1.165, 1.54) is 23.3 Å². The lowest BCUT2D eigenvalue weighted by molar-refractivity contribution is -0.144. The summed E-state index contributed by atoms with van der Waals surface area (Å²) in [6.45, 7) is -0.695. The number of anilines is 1. The summed E-state index contributed by atoms with van der Waals surface area (Å²) in [5.41, 5.74) is 0.709. The molecule has 2 N–H and O–H groups in total. The number of halogens is 1. The fraction of sp³-hybridized carbons (Fsp3) is 0.222. The maximum absolute atomic E-state index is 12.1. The highest BCUT2D eigenvalue weighted by Crippen LogP contribution is 2.20. The van der Waals surface area contributed by atoms with Crippen LogP contribution in [0, 0.1) is 0 Å². The van der Waals surface area contributed by atoms with Gasteiger partial charge in [0.05, 0.1) is 23.6 Å². The molecule has 0 bridgehead atoms. The van der Waals surface area contributed by atoms with Gasteiger partial charge in [0, 0.05) is 17.2 Å². The standard InChI is InChI=1S/C18H17BrN4O6S/c19-13-3-1-2-4-14(13)21-16(24)9-20-17(25)11-29-18(26)12-5-6-15-22-30(27,28)8-7-23(15)10-12/h1-6,10H,7-9,11H2,(H,20,25)(H,21,24). The Kier molecular flexibility index (Phi) is 6.67. The molecule has 0 fully saturated rings. The smallest absolute Gasteiger partial charge is 0.340 e. The van der Waals surface area contributed by atoms with Gasteiger partial charge in [0.15, 0.2) is 6.61 Å². The molecule has 0 aromatic heterocycles. The van der Waals surface area contributed by atoms with Crippen LogP contribution in [-0.2, 0) is 29.1 Å². The second-order valence-electron chi connectivity index (χ2n) is 6.23. The third-order valence-electron chi connectivity index (χ3n) is 3.99. The number of para-hydroxylation sites is 1. The molecule has 2 amide bonds. The Labute approximate surface area is 180 Å². The van der Waals surface area contributed by atoms with Crippen LogP contribution in [0.25, 0.3) is 0 Å². The number of nitrogens with one attached hydrogen (secondary N) is 2. The van der Waals surface area contributed by atoms with E-state index >= 15 is 0 Å². The van der Waals surface area contributed by atoms with Crippen molar-refractivity contribution in [2.75, 3.05) is 30.8 Å². The normalized spacial score (nSPS) is 16.6. The highest BCUT2D eigenvalue weighted by molar-refractivity contribution is 9.10. The van der Waals surface area contributed by atoms with Gasteiger partial charge < -0.3 is 20.3 Å². The van der Waals surface area contributed by atoms with Crippen molar-refractivity contribution in [2.24, 2.45) is 4.40 Å². The number of sulfonamides is 1. The molecule has 0 atom stereocenters. The second kappa shape index (κ2) is 9.22. The van der Waals surface area contributed by atoms with E-state index in [0.29, 0.717) is 10.2 Å². The molecule has 0 saturated carbocycles. The van der Waals surface area contributed by atoms with Crippen molar-refractivity contribution in [3.8, 4) is 0 Å². The Morgan fingerprint density at radius 2 is 1.93 bits per heavy atom. The molecular weight excluding hydrogens is 480 g/mol. The molecule has 0 spiro atoms. The number of hydrogen-bond acceptors (Lipinski definition) is 7. The van der Waals surface area contributed by atoms with Crippen molar-refractivity contribution in [2.45, 2.75) is 0 Å². The number of hydrogen-bond donors (Lipinski definition) is 2. The van der Waals surface area contributed by atoms with Crippen LogP contribution in [0.15, 0.2) is 57.1 Å². The van der Waals surface area contributed by atoms with Gasteiger partial charge in [-0.2, -0.15) is 0 Å². The number of benzene rings is 1. The van der Waals surface area contributed by atoms with Gasteiger partial charge in [-0.05, 0) is 40.2 Å². The summed E-state index contributed by atoms with van der Waals surface area (Å²) in [4.78, 5) is 37.4. The van der Waals surface area contributed by atoms with Crippen molar-refractivity contribution in [1.29, 1.82) is 0 Å². The van der Waals surface area contributed by atoms with Crippen molar-refractivity contribution < 1.29 is 27.5 Å². The average molecular weight is 497 g/mol. The molecule has 2 aliphatic heterocycles. The third-order valence-corrected chi connectivity index (χ3v) is 5.84. The first-order valence-electron chi connectivity index (χ1n) is 8.71. The van der Waals surface area contributed by atoms with Crippen LogP contribution in [0.3, 0.4) is 0 Å². The highest BCUT2D eigenvalue weighted by atomic mass is 79.9. The van der Waals surface area contributed by atoms with E-state index in [1.807, 2.05) is 0 Å². The average Bonchev–Trinajstić information content (AvgIpc) is 2.71. The summed E-state index contributed by atoms with van der Waals surface area (Å²) in [5.74, 6) is -1.78. The SMILES string of the molecule is O=C(COC(=O)C1=CN2CCS(=O)(=O)N=C2C=C1)NCC(=O)Nc1ccccc1Br. The van der Waals surface area contributed by atoms with Gasteiger partial charge in [-0.1, -0.05) is 12.1 Å². The Hall–Kier alpha value is -2.99. The van der Waals surface area contributed by atoms with Crippen LogP contribution < -0.4 is 10.6 Å². The fourth-order valence-electron chi connectivity index (χ4n) is 2.52. The minimum absolute atomic E-state index is 0.146. The predicted molar refractivity (Wildman–Crippen MR) is 112 cm³/mol. The summed E-state index contributed by atoms with van der Waals surface area (Å²) >= 11 is 3.30. The van der Waals surface area contributed by atoms with Gasteiger partial charge in [0.1, 0.15) is 5.84 Å². The topological polar surface area (TPSA) is 134 Å². The van der Waals surface area contributed by atoms with Crippen molar-refractivity contribution in [3.63, 3.8) is 0 Å². The molecule has 12 heteroatoms. The summed E-state index contributed by atoms with van der Waals surface area (Å²) in [7, 11) is -3.49. The Morgan fingerprint density at radius 3 is 2.70 bits per heavy atom. The quantitative estimate of drug-likeness (QED) is 0.548. The van der Waals surface area contributed by atoms with E-state index in [9.17, 15) is 22.8 Å². The lowest BCUT2D eigenvalue weighted by atomic mass is 10.2. The predicted octanol–water partition coefficient (Wildman–Crippen LogP) is 0.545. The number of rotatable bonds is 6. The minimum Gasteiger partial charge on any atom is -0.452 e. The maximum Gasteiger partial charge on any atom is 0.340 e. The number of esters is 1. The van der Waals surface area contributed by atoms with E-state index < -0.39 is 34.4 Å². The van der Waals surface area contributed by atoms with Crippen molar-refractivity contribution in [3.05, 3.63) is 52.7 Å². The number of fused-ring (bicyclic) bond motifs is 1. The van der Waals surface area contributed by atoms with Gasteiger partial charge in [-0.3, -0.25) is 9.59 Å². The Morgan fingerprint density at radius 1 is 1.17 bits per heavy atom. The zero-order valence-electron chi connectivity index (χ0n) is 15.5. The summed E-state index contributed by atoms with van der Waals surface area (Å²) < 4.78 is 32.2. The largest absolute Gasteiger partial charge is 0.452 e. The molecule has 0 radical (unpaired) electrons. The van der Waals surface area contributed by atoms with Gasteiger partial charge in [-0.25, -0.2) is 13.2 Å². The van der Waals surface area contributed by atoms with Crippen molar-refractivity contribution in [1.82, 2.24) is 10.2 Å². The molecule has 10 nitrogen and oxygen atoms in total. The molecule has 158 valence electrons. The monoisotopic (exact) mass is 496 g/mol. The molecule has 0 aliphatic carbocycles. The summed E-state index contributed by atoms with van der Waals surface area (Å²) in [6, 6.07) is 7.02. The number of ether oxygens (including phenoxy) is 1. The molecule has 2 aliphatic rings. The zero-order valence-corrected chi connectivity index (χ0v) is 17.9. The van der Waals surface area contributed by atoms with Gasteiger partial charge in [0.25, 0.3) is 15.9 Å². The Bertz CT molecular complexity index is 1080. The van der Waals surface area contributed by atoms with E-state index in [2.05, 4.69) is 31.0 Å². The van der Waals surface area contributed by atoms with Crippen LogP contribution in [-0.4, -0.2) is 62.4 Å². The third kappa shape index (κ3) is 5.76. The van der Waals surface area contributed by atoms with Gasteiger partial charge in [0.2, 0.25) is 5.91 Å². The molecule has 2 heterocycles. The Balaban J connectivity index is 1.44. The van der Waals surface area contributed by atoms with E-state index in [1.54, 1.807) is 24.3 Å². The first-order chi connectivity index (χ1) is 14.2. The van der Waals surface area contributed by atoms with E-state index in [4.69, 9.17) is 4.74 Å². The molecule has 0 saturated heterocycles. The van der Waals surface area contributed by atoms with Crippen LogP contribution in [0.1, 0.15) is 0 Å². The molecule has 30 heavy (non-hydrogen) atoms. The van der Waals surface area contributed by atoms with E-state index in [0.717, 1.165) is 0 Å². The number of nitrogens with zero attached hydrogens (tertiary/aromatic N) is 2. The first-order valence-corrected chi connectivity index (χ1v) is 11.1. The number of amides is 2. The van der Waals surface area contributed by atoms with Crippen LogP contribution in [0.2, 0.25) is 0 Å². The van der Waals surface area contributed by atoms with Crippen LogP contribution in [0.5, 0.6) is 0 Å². The zero-order chi connectivity index (χ0) is 21.7. The van der Waals surface area contributed by atoms with Gasteiger partial charge in [-0.15, -0.1) is 4.40 Å². The number of carbonyl (C=O) groups is 3. The van der Waals surface area contributed by atoms with Crippen molar-refractivity contribution >= 4 is 55.3 Å². The first kappa shape index (κ1) is 21.7. The second-order valence-corrected chi connectivity index (χ2v) is 8.84. The highest BCUT2D eigenvalue weighted by Gasteiger charge is 2.25. The summed E-state index contributed by atoms with van der Waals surface area (Å²) in [6.07, 6.45) is 4.17. The minimum atomic E-state index is -3.49. The molecule has 3 rings (SSSR count). The number of amidine groups is 1. The molecular formula is C18H17BrN4O6S. The summed E-state index contributed by atoms with van der Waals surface area (Å²) in [5, 5.41) is 4.99. The molecule has 1 aromatic rings. The number of carbonyl (C=O) groups excluding carboxylic acids is 3. The maximum atomic E-state index is 12.1. The lowest BCUT2D eigenvalue weighted by Gasteiger charge is -2.26. The fourth-order valence-corrected chi connectivity index (χ4v) is 3.88. The van der Waals surface area contributed by atoms with Crippen LogP contribution in [0.4, 0.5) is 5.69 Å². The molecule has 1 aromatic carbocycles.